The molecule has 1 amide bonds. The molecule has 0 saturated carbocycles. The van der Waals surface area contributed by atoms with E-state index >= 15 is 0 Å². The third kappa shape index (κ3) is 3.42. The van der Waals surface area contributed by atoms with Gasteiger partial charge in [0.05, 0.1) is 12.7 Å². The van der Waals surface area contributed by atoms with Crippen LogP contribution in [-0.2, 0) is 4.74 Å². The van der Waals surface area contributed by atoms with Gasteiger partial charge in [-0.1, -0.05) is 0 Å². The Morgan fingerprint density at radius 3 is 3.00 bits per heavy atom. The lowest BCUT2D eigenvalue weighted by Gasteiger charge is -2.32. The molecule has 1 aliphatic rings. The molecule has 19 heavy (non-hydrogen) atoms. The molecule has 6 heteroatoms. The number of ether oxygens (including phenoxy) is 2. The largest absolute Gasteiger partial charge is 0.480 e. The van der Waals surface area contributed by atoms with E-state index in [0.717, 1.165) is 0 Å². The van der Waals surface area contributed by atoms with Crippen LogP contribution in [0.1, 0.15) is 23.2 Å². The van der Waals surface area contributed by atoms with Gasteiger partial charge in [-0.25, -0.2) is 4.98 Å². The van der Waals surface area contributed by atoms with Crippen molar-refractivity contribution < 1.29 is 19.4 Å². The van der Waals surface area contributed by atoms with Crippen LogP contribution in [0.5, 0.6) is 5.88 Å². The summed E-state index contributed by atoms with van der Waals surface area (Å²) in [5.41, 5.74) is -0.524. The van der Waals surface area contributed by atoms with E-state index in [1.54, 1.807) is 18.3 Å². The Morgan fingerprint density at radius 1 is 1.58 bits per heavy atom. The van der Waals surface area contributed by atoms with Crippen molar-refractivity contribution in [1.29, 1.82) is 0 Å². The fraction of sp³-hybridized carbons (Fsp3) is 0.538. The van der Waals surface area contributed by atoms with Gasteiger partial charge in [0.2, 0.25) is 5.88 Å². The van der Waals surface area contributed by atoms with Crippen molar-refractivity contribution in [2.24, 2.45) is 0 Å². The Morgan fingerprint density at radius 2 is 2.32 bits per heavy atom. The van der Waals surface area contributed by atoms with Gasteiger partial charge in [0.25, 0.3) is 5.91 Å². The van der Waals surface area contributed by atoms with Gasteiger partial charge in [-0.15, -0.1) is 0 Å². The number of amides is 1. The van der Waals surface area contributed by atoms with Crippen molar-refractivity contribution in [3.05, 3.63) is 23.9 Å². The summed E-state index contributed by atoms with van der Waals surface area (Å²) in [6, 6.07) is 3.30. The minimum atomic E-state index is -0.886. The number of carbonyl (C=O) groups is 1. The van der Waals surface area contributed by atoms with Crippen LogP contribution in [-0.4, -0.2) is 48.5 Å². The first-order valence-electron chi connectivity index (χ1n) is 6.22. The molecule has 1 aliphatic heterocycles. The molecule has 1 fully saturated rings. The van der Waals surface area contributed by atoms with E-state index in [2.05, 4.69) is 10.3 Å². The summed E-state index contributed by atoms with van der Waals surface area (Å²) in [7, 11) is 1.46. The smallest absolute Gasteiger partial charge is 0.256 e. The molecular formula is C13H18N2O4. The average Bonchev–Trinajstić information content (AvgIpc) is 2.45. The summed E-state index contributed by atoms with van der Waals surface area (Å²) in [5, 5.41) is 13.0. The third-order valence-electron chi connectivity index (χ3n) is 3.21. The summed E-state index contributed by atoms with van der Waals surface area (Å²) in [6.45, 7) is 1.23. The summed E-state index contributed by atoms with van der Waals surface area (Å²) in [4.78, 5) is 16.0. The number of nitrogens with zero attached hydrogens (tertiary/aromatic N) is 1. The number of aromatic nitrogens is 1. The van der Waals surface area contributed by atoms with Crippen LogP contribution in [0.15, 0.2) is 18.3 Å². The quantitative estimate of drug-likeness (QED) is 0.822. The van der Waals surface area contributed by atoms with Crippen molar-refractivity contribution >= 4 is 5.91 Å². The van der Waals surface area contributed by atoms with E-state index in [4.69, 9.17) is 9.47 Å². The summed E-state index contributed by atoms with van der Waals surface area (Å²) in [5.74, 6) is -0.0242. The van der Waals surface area contributed by atoms with Gasteiger partial charge in [0.15, 0.2) is 0 Å². The molecule has 1 aromatic heterocycles. The second-order valence-electron chi connectivity index (χ2n) is 4.58. The Kier molecular flexibility index (Phi) is 4.34. The van der Waals surface area contributed by atoms with Gasteiger partial charge in [-0.2, -0.15) is 0 Å². The molecular weight excluding hydrogens is 248 g/mol. The number of hydrogen-bond donors (Lipinski definition) is 2. The zero-order valence-corrected chi connectivity index (χ0v) is 10.9. The average molecular weight is 266 g/mol. The Hall–Kier alpha value is -1.66. The number of methoxy groups -OCH3 is 1. The number of rotatable bonds is 4. The highest BCUT2D eigenvalue weighted by atomic mass is 16.5. The normalized spacial score (nSPS) is 17.8. The molecule has 0 aliphatic carbocycles. The van der Waals surface area contributed by atoms with Crippen molar-refractivity contribution in [3.63, 3.8) is 0 Å². The number of aliphatic hydroxyl groups is 1. The van der Waals surface area contributed by atoms with Gasteiger partial charge in [-0.05, 0) is 12.1 Å². The molecule has 0 aromatic carbocycles. The lowest BCUT2D eigenvalue weighted by Crippen LogP contribution is -2.46. The van der Waals surface area contributed by atoms with Crippen molar-refractivity contribution in [2.75, 3.05) is 26.9 Å². The lowest BCUT2D eigenvalue weighted by atomic mass is 9.94. The second kappa shape index (κ2) is 5.99. The zero-order chi connectivity index (χ0) is 13.7. The molecule has 1 saturated heterocycles. The highest BCUT2D eigenvalue weighted by Crippen LogP contribution is 2.20. The number of hydrogen-bond acceptors (Lipinski definition) is 5. The fourth-order valence-electron chi connectivity index (χ4n) is 1.99. The van der Waals surface area contributed by atoms with E-state index < -0.39 is 5.60 Å². The first-order chi connectivity index (χ1) is 9.14. The summed E-state index contributed by atoms with van der Waals surface area (Å²) >= 11 is 0. The molecule has 0 unspecified atom stereocenters. The minimum absolute atomic E-state index is 0.202. The second-order valence-corrected chi connectivity index (χ2v) is 4.58. The van der Waals surface area contributed by atoms with Gasteiger partial charge < -0.3 is 19.9 Å². The predicted molar refractivity (Wildman–Crippen MR) is 68.1 cm³/mol. The van der Waals surface area contributed by atoms with E-state index in [1.807, 2.05) is 0 Å². The monoisotopic (exact) mass is 266 g/mol. The molecule has 0 bridgehead atoms. The maximum atomic E-state index is 12.0. The Bertz CT molecular complexity index is 444. The first-order valence-corrected chi connectivity index (χ1v) is 6.22. The van der Waals surface area contributed by atoms with Gasteiger partial charge in [-0.3, -0.25) is 4.79 Å². The molecule has 0 radical (unpaired) electrons. The van der Waals surface area contributed by atoms with Crippen molar-refractivity contribution in [2.45, 2.75) is 18.4 Å². The number of nitrogens with one attached hydrogen (secondary N) is 1. The highest BCUT2D eigenvalue weighted by molar-refractivity contribution is 5.96. The SMILES string of the molecule is COc1ncccc1C(=O)NCC1(O)CCOCC1. The molecule has 2 N–H and O–H groups in total. The van der Waals surface area contributed by atoms with Crippen LogP contribution in [0.3, 0.4) is 0 Å². The number of carbonyl (C=O) groups excluding carboxylic acids is 1. The maximum Gasteiger partial charge on any atom is 0.256 e. The standard InChI is InChI=1S/C13H18N2O4/c1-18-12-10(3-2-6-14-12)11(16)15-9-13(17)4-7-19-8-5-13/h2-3,6,17H,4-5,7-9H2,1H3,(H,15,16). The van der Waals surface area contributed by atoms with E-state index in [-0.39, 0.29) is 18.3 Å². The Labute approximate surface area is 111 Å². The molecule has 0 spiro atoms. The van der Waals surface area contributed by atoms with Gasteiger partial charge in [0.1, 0.15) is 5.56 Å². The lowest BCUT2D eigenvalue weighted by molar-refractivity contribution is -0.0605. The molecule has 104 valence electrons. The van der Waals surface area contributed by atoms with E-state index in [1.165, 1.54) is 7.11 Å². The van der Waals surface area contributed by atoms with Crippen LogP contribution in [0.2, 0.25) is 0 Å². The first kappa shape index (κ1) is 13.8. The minimum Gasteiger partial charge on any atom is -0.480 e. The third-order valence-corrected chi connectivity index (χ3v) is 3.21. The summed E-state index contributed by atoms with van der Waals surface area (Å²) < 4.78 is 10.2. The van der Waals surface area contributed by atoms with Crippen LogP contribution in [0, 0.1) is 0 Å². The Balaban J connectivity index is 1.97. The molecule has 6 nitrogen and oxygen atoms in total. The maximum absolute atomic E-state index is 12.0. The van der Waals surface area contributed by atoms with Gasteiger partial charge >= 0.3 is 0 Å². The number of pyridine rings is 1. The molecule has 1 aromatic rings. The highest BCUT2D eigenvalue weighted by Gasteiger charge is 2.30. The fourth-order valence-corrected chi connectivity index (χ4v) is 1.99. The zero-order valence-electron chi connectivity index (χ0n) is 10.9. The van der Waals surface area contributed by atoms with Crippen molar-refractivity contribution in [3.8, 4) is 5.88 Å². The van der Waals surface area contributed by atoms with E-state index in [9.17, 15) is 9.90 Å². The summed E-state index contributed by atoms with van der Waals surface area (Å²) in [6.07, 6.45) is 2.61. The van der Waals surface area contributed by atoms with Crippen LogP contribution in [0.25, 0.3) is 0 Å². The van der Waals surface area contributed by atoms with E-state index in [0.29, 0.717) is 31.6 Å². The molecule has 2 rings (SSSR count). The van der Waals surface area contributed by atoms with Crippen LogP contribution >= 0.6 is 0 Å². The molecule has 0 atom stereocenters. The van der Waals surface area contributed by atoms with Crippen LogP contribution in [0.4, 0.5) is 0 Å². The van der Waals surface area contributed by atoms with Gasteiger partial charge in [0, 0.05) is 38.8 Å². The van der Waals surface area contributed by atoms with Crippen LogP contribution < -0.4 is 10.1 Å². The van der Waals surface area contributed by atoms with Crippen molar-refractivity contribution in [1.82, 2.24) is 10.3 Å². The molecule has 2 heterocycles. The predicted octanol–water partition coefficient (Wildman–Crippen LogP) is 0.361. The topological polar surface area (TPSA) is 80.7 Å².